The van der Waals surface area contributed by atoms with Gasteiger partial charge in [0, 0.05) is 5.38 Å². The van der Waals surface area contributed by atoms with Gasteiger partial charge in [0.05, 0.1) is 6.54 Å². The molecule has 0 atom stereocenters. The molecule has 0 aromatic carbocycles. The van der Waals surface area contributed by atoms with Crippen LogP contribution in [0, 0.1) is 0 Å². The molecule has 1 aromatic heterocycles. The average molecular weight is 184 g/mol. The molecule has 1 aromatic rings. The number of carbonyl (C=O) groups excluding carboxylic acids is 1. The van der Waals surface area contributed by atoms with E-state index in [1.54, 1.807) is 5.38 Å². The third-order valence-electron chi connectivity index (χ3n) is 1.64. The topological polar surface area (TPSA) is 33.2 Å². The quantitative estimate of drug-likeness (QED) is 0.663. The van der Waals surface area contributed by atoms with E-state index in [0.717, 1.165) is 24.4 Å². The van der Waals surface area contributed by atoms with E-state index >= 15 is 0 Å². The number of aldehydes is 1. The van der Waals surface area contributed by atoms with Crippen molar-refractivity contribution in [2.75, 3.05) is 13.6 Å². The summed E-state index contributed by atoms with van der Waals surface area (Å²) in [4.78, 5) is 16.6. The Morgan fingerprint density at radius 3 is 3.00 bits per heavy atom. The van der Waals surface area contributed by atoms with E-state index in [1.165, 1.54) is 11.3 Å². The van der Waals surface area contributed by atoms with Crippen molar-refractivity contribution in [2.24, 2.45) is 0 Å². The smallest absolute Gasteiger partial charge is 0.169 e. The molecule has 0 spiro atoms. The lowest BCUT2D eigenvalue weighted by molar-refractivity contribution is 0.111. The summed E-state index contributed by atoms with van der Waals surface area (Å²) in [6.07, 6.45) is 0.784. The number of rotatable bonds is 4. The van der Waals surface area contributed by atoms with E-state index in [2.05, 4.69) is 16.8 Å². The van der Waals surface area contributed by atoms with Gasteiger partial charge in [0.2, 0.25) is 0 Å². The largest absolute Gasteiger partial charge is 0.300 e. The van der Waals surface area contributed by atoms with Crippen molar-refractivity contribution in [1.82, 2.24) is 9.88 Å². The molecule has 4 heteroatoms. The minimum Gasteiger partial charge on any atom is -0.300 e. The van der Waals surface area contributed by atoms with Crippen molar-refractivity contribution in [3.63, 3.8) is 0 Å². The Labute approximate surface area is 76.0 Å². The fourth-order valence-corrected chi connectivity index (χ4v) is 1.61. The van der Waals surface area contributed by atoms with Gasteiger partial charge in [0.25, 0.3) is 0 Å². The Morgan fingerprint density at radius 1 is 1.75 bits per heavy atom. The van der Waals surface area contributed by atoms with Gasteiger partial charge in [0.1, 0.15) is 10.7 Å². The van der Waals surface area contributed by atoms with Crippen LogP contribution >= 0.6 is 11.3 Å². The Bertz CT molecular complexity index is 259. The summed E-state index contributed by atoms with van der Waals surface area (Å²) in [5.41, 5.74) is 0.541. The number of nitrogens with zero attached hydrogens (tertiary/aromatic N) is 2. The van der Waals surface area contributed by atoms with Crippen molar-refractivity contribution in [3.8, 4) is 0 Å². The molecule has 0 aliphatic rings. The van der Waals surface area contributed by atoms with Gasteiger partial charge in [-0.05, 0) is 13.6 Å². The molecule has 0 N–H and O–H groups in total. The van der Waals surface area contributed by atoms with Gasteiger partial charge in [-0.1, -0.05) is 6.92 Å². The van der Waals surface area contributed by atoms with Crippen molar-refractivity contribution < 1.29 is 4.79 Å². The van der Waals surface area contributed by atoms with Gasteiger partial charge < -0.3 is 0 Å². The lowest BCUT2D eigenvalue weighted by Crippen LogP contribution is -2.16. The van der Waals surface area contributed by atoms with E-state index in [4.69, 9.17) is 0 Å². The maximum absolute atomic E-state index is 10.3. The van der Waals surface area contributed by atoms with Gasteiger partial charge in [0.15, 0.2) is 6.29 Å². The number of hydrogen-bond acceptors (Lipinski definition) is 4. The molecule has 1 heterocycles. The highest BCUT2D eigenvalue weighted by Crippen LogP contribution is 2.09. The van der Waals surface area contributed by atoms with Gasteiger partial charge >= 0.3 is 0 Å². The molecule has 12 heavy (non-hydrogen) atoms. The summed E-state index contributed by atoms with van der Waals surface area (Å²) in [5.74, 6) is 0. The first-order valence-electron chi connectivity index (χ1n) is 3.84. The molecule has 0 saturated carbocycles. The zero-order chi connectivity index (χ0) is 8.97. The number of carbonyl (C=O) groups is 1. The monoisotopic (exact) mass is 184 g/mol. The zero-order valence-electron chi connectivity index (χ0n) is 7.28. The van der Waals surface area contributed by atoms with Crippen LogP contribution in [0.2, 0.25) is 0 Å². The second-order valence-corrected chi connectivity index (χ2v) is 3.56. The van der Waals surface area contributed by atoms with Crippen LogP contribution in [0.4, 0.5) is 0 Å². The van der Waals surface area contributed by atoms with Crippen LogP contribution in [0.5, 0.6) is 0 Å². The van der Waals surface area contributed by atoms with Crippen LogP contribution in [0.15, 0.2) is 5.38 Å². The predicted molar refractivity (Wildman–Crippen MR) is 49.5 cm³/mol. The van der Waals surface area contributed by atoms with E-state index in [1.807, 2.05) is 7.05 Å². The molecule has 0 radical (unpaired) electrons. The highest BCUT2D eigenvalue weighted by atomic mass is 32.1. The summed E-state index contributed by atoms with van der Waals surface area (Å²) in [6, 6.07) is 0. The highest BCUT2D eigenvalue weighted by Gasteiger charge is 2.02. The van der Waals surface area contributed by atoms with Crippen molar-refractivity contribution in [1.29, 1.82) is 0 Å². The summed E-state index contributed by atoms with van der Waals surface area (Å²) in [7, 11) is 2.03. The predicted octanol–water partition coefficient (Wildman–Crippen LogP) is 1.41. The maximum atomic E-state index is 10.3. The number of aromatic nitrogens is 1. The van der Waals surface area contributed by atoms with Crippen LogP contribution in [0.3, 0.4) is 0 Å². The first-order valence-corrected chi connectivity index (χ1v) is 4.72. The van der Waals surface area contributed by atoms with Gasteiger partial charge in [-0.15, -0.1) is 11.3 Å². The van der Waals surface area contributed by atoms with E-state index in [-0.39, 0.29) is 0 Å². The zero-order valence-corrected chi connectivity index (χ0v) is 8.10. The molecule has 0 amide bonds. The van der Waals surface area contributed by atoms with Crippen molar-refractivity contribution in [2.45, 2.75) is 13.5 Å². The van der Waals surface area contributed by atoms with Gasteiger partial charge in [-0.25, -0.2) is 4.98 Å². The molecule has 0 aliphatic carbocycles. The molecule has 0 fully saturated rings. The van der Waals surface area contributed by atoms with Gasteiger partial charge in [-0.3, -0.25) is 9.69 Å². The molecule has 3 nitrogen and oxygen atoms in total. The molecule has 66 valence electrons. The molecule has 0 saturated heterocycles. The standard InChI is InChI=1S/C8H12N2OS/c1-3-10(2)4-8-9-7(5-11)6-12-8/h5-6H,3-4H2,1-2H3. The lowest BCUT2D eigenvalue weighted by atomic mass is 10.5. The summed E-state index contributed by atoms with van der Waals surface area (Å²) >= 11 is 1.53. The third kappa shape index (κ3) is 2.39. The summed E-state index contributed by atoms with van der Waals surface area (Å²) in [6.45, 7) is 3.92. The Balaban J connectivity index is 2.57. The normalized spacial score (nSPS) is 10.6. The Kier molecular flexibility index (Phi) is 3.37. The van der Waals surface area contributed by atoms with Crippen LogP contribution < -0.4 is 0 Å². The molecular formula is C8H12N2OS. The van der Waals surface area contributed by atoms with Crippen LogP contribution in [0.1, 0.15) is 22.4 Å². The fraction of sp³-hybridized carbons (Fsp3) is 0.500. The lowest BCUT2D eigenvalue weighted by Gasteiger charge is -2.10. The van der Waals surface area contributed by atoms with Crippen LogP contribution in [0.25, 0.3) is 0 Å². The molecule has 0 unspecified atom stereocenters. The van der Waals surface area contributed by atoms with Crippen LogP contribution in [-0.2, 0) is 6.54 Å². The summed E-state index contributed by atoms with van der Waals surface area (Å²) in [5, 5.41) is 2.78. The van der Waals surface area contributed by atoms with E-state index in [9.17, 15) is 4.79 Å². The third-order valence-corrected chi connectivity index (χ3v) is 2.49. The Hall–Kier alpha value is -0.740. The molecular weight excluding hydrogens is 172 g/mol. The molecule has 0 bridgehead atoms. The summed E-state index contributed by atoms with van der Waals surface area (Å²) < 4.78 is 0. The van der Waals surface area contributed by atoms with E-state index in [0.29, 0.717) is 5.69 Å². The number of hydrogen-bond donors (Lipinski definition) is 0. The minimum atomic E-state index is 0.541. The van der Waals surface area contributed by atoms with E-state index < -0.39 is 0 Å². The fourth-order valence-electron chi connectivity index (χ4n) is 0.795. The van der Waals surface area contributed by atoms with Gasteiger partial charge in [-0.2, -0.15) is 0 Å². The molecule has 0 aliphatic heterocycles. The highest BCUT2D eigenvalue weighted by molar-refractivity contribution is 7.09. The Morgan fingerprint density at radius 2 is 2.50 bits per heavy atom. The maximum Gasteiger partial charge on any atom is 0.169 e. The second-order valence-electron chi connectivity index (χ2n) is 2.61. The first-order chi connectivity index (χ1) is 5.76. The van der Waals surface area contributed by atoms with Crippen LogP contribution in [-0.4, -0.2) is 29.8 Å². The number of thiazole rings is 1. The van der Waals surface area contributed by atoms with Crippen molar-refractivity contribution in [3.05, 3.63) is 16.1 Å². The van der Waals surface area contributed by atoms with Crippen molar-refractivity contribution >= 4 is 17.6 Å². The molecule has 1 rings (SSSR count). The minimum absolute atomic E-state index is 0.541. The SMILES string of the molecule is CCN(C)Cc1nc(C=O)cs1. The average Bonchev–Trinajstić information content (AvgIpc) is 2.52. The first kappa shape index (κ1) is 9.35. The second kappa shape index (κ2) is 4.33.